The van der Waals surface area contributed by atoms with Crippen LogP contribution in [0.2, 0.25) is 0 Å². The second-order valence-corrected chi connectivity index (χ2v) is 9.03. The van der Waals surface area contributed by atoms with Gasteiger partial charge in [-0.1, -0.05) is 67.0 Å². The predicted molar refractivity (Wildman–Crippen MR) is 122 cm³/mol. The number of carbonyl (C=O) groups excluding carboxylic acids is 2. The van der Waals surface area contributed by atoms with E-state index in [2.05, 4.69) is 24.2 Å². The molecule has 0 radical (unpaired) electrons. The number of unbranched alkanes of at least 4 members (excludes halogenated alkanes) is 1. The molecule has 0 aliphatic carbocycles. The first-order chi connectivity index (χ1) is 15.4. The van der Waals surface area contributed by atoms with Crippen LogP contribution in [-0.2, 0) is 27.2 Å². The Morgan fingerprint density at radius 1 is 1.12 bits per heavy atom. The first kappa shape index (κ1) is 22.1. The number of rotatable bonds is 7. The molecule has 6 heteroatoms. The minimum absolute atomic E-state index is 0.332. The van der Waals surface area contributed by atoms with Crippen LogP contribution in [0.5, 0.6) is 0 Å². The van der Waals surface area contributed by atoms with E-state index < -0.39 is 29.7 Å². The lowest BCUT2D eigenvalue weighted by Gasteiger charge is -2.28. The molecule has 0 saturated carbocycles. The van der Waals surface area contributed by atoms with Gasteiger partial charge in [-0.2, -0.15) is 0 Å². The Labute approximate surface area is 189 Å². The van der Waals surface area contributed by atoms with E-state index in [1.807, 2.05) is 56.3 Å². The van der Waals surface area contributed by atoms with Crippen molar-refractivity contribution in [2.24, 2.45) is 5.16 Å². The maximum absolute atomic E-state index is 13.4. The minimum Gasteiger partial charge on any atom is -0.441 e. The smallest absolute Gasteiger partial charge is 0.417 e. The van der Waals surface area contributed by atoms with Gasteiger partial charge in [-0.05, 0) is 55.9 Å². The molecule has 0 spiro atoms. The zero-order valence-corrected chi connectivity index (χ0v) is 18.9. The Morgan fingerprint density at radius 3 is 2.62 bits per heavy atom. The number of carbonyl (C=O) groups is 2. The molecule has 4 rings (SSSR count). The third kappa shape index (κ3) is 4.54. The van der Waals surface area contributed by atoms with Crippen LogP contribution in [0.25, 0.3) is 0 Å². The summed E-state index contributed by atoms with van der Waals surface area (Å²) in [6, 6.07) is 17.6. The number of ether oxygens (including phenoxy) is 1. The Balaban J connectivity index is 1.48. The second kappa shape index (κ2) is 9.15. The highest BCUT2D eigenvalue weighted by Crippen LogP contribution is 2.33. The topological polar surface area (TPSA) is 68.2 Å². The van der Waals surface area contributed by atoms with Gasteiger partial charge in [0.05, 0.1) is 11.8 Å². The van der Waals surface area contributed by atoms with E-state index in [-0.39, 0.29) is 0 Å². The summed E-state index contributed by atoms with van der Waals surface area (Å²) in [5.74, 6) is -0.401. The summed E-state index contributed by atoms with van der Waals surface area (Å²) in [7, 11) is 0. The van der Waals surface area contributed by atoms with Crippen LogP contribution in [0.15, 0.2) is 59.8 Å². The quantitative estimate of drug-likeness (QED) is 0.622. The van der Waals surface area contributed by atoms with Crippen molar-refractivity contribution in [1.29, 1.82) is 0 Å². The van der Waals surface area contributed by atoms with E-state index in [0.717, 1.165) is 36.1 Å². The fourth-order valence-electron chi connectivity index (χ4n) is 4.32. The minimum atomic E-state index is -0.830. The highest BCUT2D eigenvalue weighted by molar-refractivity contribution is 6.06. The lowest BCUT2D eigenvalue weighted by Crippen LogP contribution is -2.49. The molecule has 168 valence electrons. The van der Waals surface area contributed by atoms with E-state index in [1.165, 1.54) is 10.5 Å². The van der Waals surface area contributed by atoms with Gasteiger partial charge in [0, 0.05) is 6.42 Å². The fraction of sp³-hybridized carbons (Fsp3) is 0.423. The highest BCUT2D eigenvalue weighted by Gasteiger charge is 2.52. The molecule has 1 fully saturated rings. The van der Waals surface area contributed by atoms with Crippen molar-refractivity contribution in [1.82, 2.24) is 4.90 Å². The van der Waals surface area contributed by atoms with Gasteiger partial charge in [0.2, 0.25) is 6.10 Å². The lowest BCUT2D eigenvalue weighted by atomic mass is 9.91. The SMILES string of the molecule is CCCCc1cccc(C2=NO[C@H](C(=O)N3C(=O)OC(C)(C)[C@@H]3Cc3ccccc3)C2)c1. The summed E-state index contributed by atoms with van der Waals surface area (Å²) in [5, 5.41) is 4.19. The van der Waals surface area contributed by atoms with E-state index in [9.17, 15) is 9.59 Å². The van der Waals surface area contributed by atoms with E-state index in [1.54, 1.807) is 0 Å². The normalized spacial score (nSPS) is 21.8. The van der Waals surface area contributed by atoms with Gasteiger partial charge in [-0.25, -0.2) is 9.69 Å². The standard InChI is InChI=1S/C26H30N2O4/c1-4-5-10-18-13-9-14-20(15-18)21-17-22(32-27-21)24(29)28-23(26(2,3)31-25(28)30)16-19-11-7-6-8-12-19/h6-9,11-15,22-23H,4-5,10,16-17H2,1-3H3/t22-,23-/m0/s1. The molecule has 0 aromatic heterocycles. The number of hydrogen-bond acceptors (Lipinski definition) is 5. The molecule has 2 aliphatic rings. The monoisotopic (exact) mass is 434 g/mol. The van der Waals surface area contributed by atoms with Crippen LogP contribution >= 0.6 is 0 Å². The summed E-state index contributed by atoms with van der Waals surface area (Å²) in [6.45, 7) is 5.85. The third-order valence-electron chi connectivity index (χ3n) is 6.19. The average molecular weight is 435 g/mol. The number of amides is 2. The van der Waals surface area contributed by atoms with Crippen molar-refractivity contribution in [2.75, 3.05) is 0 Å². The molecule has 32 heavy (non-hydrogen) atoms. The largest absolute Gasteiger partial charge is 0.441 e. The average Bonchev–Trinajstić information content (AvgIpc) is 3.36. The summed E-state index contributed by atoms with van der Waals surface area (Å²) in [4.78, 5) is 32.8. The summed E-state index contributed by atoms with van der Waals surface area (Å²) < 4.78 is 5.56. The second-order valence-electron chi connectivity index (χ2n) is 9.03. The highest BCUT2D eigenvalue weighted by atomic mass is 16.6. The van der Waals surface area contributed by atoms with Gasteiger partial charge >= 0.3 is 6.09 Å². The summed E-state index contributed by atoms with van der Waals surface area (Å²) >= 11 is 0. The van der Waals surface area contributed by atoms with Crippen LogP contribution in [-0.4, -0.2) is 40.4 Å². The number of hydrogen-bond donors (Lipinski definition) is 0. The van der Waals surface area contributed by atoms with E-state index in [4.69, 9.17) is 9.57 Å². The molecular weight excluding hydrogens is 404 g/mol. The molecule has 0 unspecified atom stereocenters. The molecule has 2 aromatic carbocycles. The number of aryl methyl sites for hydroxylation is 1. The van der Waals surface area contributed by atoms with Gasteiger partial charge < -0.3 is 9.57 Å². The van der Waals surface area contributed by atoms with Crippen molar-refractivity contribution in [3.63, 3.8) is 0 Å². The Kier molecular flexibility index (Phi) is 6.31. The molecule has 1 saturated heterocycles. The summed E-state index contributed by atoms with van der Waals surface area (Å²) in [6.07, 6.45) is 2.67. The van der Waals surface area contributed by atoms with Gasteiger partial charge in [0.25, 0.3) is 5.91 Å². The van der Waals surface area contributed by atoms with Crippen molar-refractivity contribution in [2.45, 2.75) is 70.6 Å². The van der Waals surface area contributed by atoms with Crippen LogP contribution in [0, 0.1) is 0 Å². The van der Waals surface area contributed by atoms with Gasteiger partial charge in [-0.3, -0.25) is 4.79 Å². The molecule has 0 N–H and O–H groups in total. The lowest BCUT2D eigenvalue weighted by molar-refractivity contribution is -0.140. The fourth-order valence-corrected chi connectivity index (χ4v) is 4.32. The first-order valence-corrected chi connectivity index (χ1v) is 11.3. The predicted octanol–water partition coefficient (Wildman–Crippen LogP) is 4.89. The molecule has 2 heterocycles. The number of oxime groups is 1. The van der Waals surface area contributed by atoms with Crippen LogP contribution in [0.3, 0.4) is 0 Å². The Bertz CT molecular complexity index is 1020. The number of nitrogens with zero attached hydrogens (tertiary/aromatic N) is 2. The first-order valence-electron chi connectivity index (χ1n) is 11.3. The maximum atomic E-state index is 13.4. The Hall–Kier alpha value is -3.15. The van der Waals surface area contributed by atoms with Gasteiger partial charge in [-0.15, -0.1) is 0 Å². The van der Waals surface area contributed by atoms with Crippen molar-refractivity contribution < 1.29 is 19.2 Å². The van der Waals surface area contributed by atoms with Crippen molar-refractivity contribution in [3.8, 4) is 0 Å². The molecule has 2 amide bonds. The zero-order chi connectivity index (χ0) is 22.7. The number of imide groups is 1. The van der Waals surface area contributed by atoms with Crippen LogP contribution in [0.4, 0.5) is 4.79 Å². The van der Waals surface area contributed by atoms with Crippen LogP contribution in [0.1, 0.15) is 56.7 Å². The third-order valence-corrected chi connectivity index (χ3v) is 6.19. The maximum Gasteiger partial charge on any atom is 0.417 e. The van der Waals surface area contributed by atoms with E-state index >= 15 is 0 Å². The van der Waals surface area contributed by atoms with E-state index in [0.29, 0.717) is 12.8 Å². The molecule has 2 aliphatic heterocycles. The molecule has 0 bridgehead atoms. The van der Waals surface area contributed by atoms with Gasteiger partial charge in [0.15, 0.2) is 0 Å². The van der Waals surface area contributed by atoms with Gasteiger partial charge in [0.1, 0.15) is 5.60 Å². The molecular formula is C26H30N2O4. The molecule has 2 atom stereocenters. The molecule has 6 nitrogen and oxygen atoms in total. The number of cyclic esters (lactones) is 1. The van der Waals surface area contributed by atoms with Crippen molar-refractivity contribution in [3.05, 3.63) is 71.3 Å². The van der Waals surface area contributed by atoms with Crippen molar-refractivity contribution >= 4 is 17.7 Å². The Morgan fingerprint density at radius 2 is 1.88 bits per heavy atom. The molecule has 2 aromatic rings. The van der Waals surface area contributed by atoms with Crippen LogP contribution < -0.4 is 0 Å². The summed E-state index contributed by atoms with van der Waals surface area (Å²) in [5.41, 5.74) is 3.18. The zero-order valence-electron chi connectivity index (χ0n) is 18.9. The number of benzene rings is 2.